The molecule has 0 aliphatic heterocycles. The summed E-state index contributed by atoms with van der Waals surface area (Å²) in [5.74, 6) is 1.47. The summed E-state index contributed by atoms with van der Waals surface area (Å²) in [6.07, 6.45) is 1.10. The summed E-state index contributed by atoms with van der Waals surface area (Å²) in [4.78, 5) is 0. The van der Waals surface area contributed by atoms with Gasteiger partial charge in [0.05, 0.1) is 13.7 Å². The second-order valence-corrected chi connectivity index (χ2v) is 4.14. The average molecular weight is 294 g/mol. The van der Waals surface area contributed by atoms with Gasteiger partial charge in [-0.05, 0) is 26.0 Å². The van der Waals surface area contributed by atoms with E-state index in [1.807, 2.05) is 13.0 Å². The molecule has 0 saturated carbocycles. The van der Waals surface area contributed by atoms with Gasteiger partial charge in [0.2, 0.25) is 0 Å². The third-order valence-electron chi connectivity index (χ3n) is 2.35. The summed E-state index contributed by atoms with van der Waals surface area (Å²) in [7, 11) is 1.62. The fourth-order valence-electron chi connectivity index (χ4n) is 1.61. The first-order valence-electron chi connectivity index (χ1n) is 5.92. The number of ether oxygens (including phenoxy) is 2. The molecule has 0 amide bonds. The Kier molecular flexibility index (Phi) is 8.98. The topological polar surface area (TPSA) is 30.5 Å². The highest BCUT2D eigenvalue weighted by atomic mass is 35.5. The highest BCUT2D eigenvalue weighted by Crippen LogP contribution is 2.34. The van der Waals surface area contributed by atoms with Gasteiger partial charge in [0.15, 0.2) is 11.5 Å². The van der Waals surface area contributed by atoms with Crippen LogP contribution in [0.3, 0.4) is 0 Å². The van der Waals surface area contributed by atoms with Crippen LogP contribution in [-0.2, 0) is 6.54 Å². The Morgan fingerprint density at radius 1 is 1.28 bits per heavy atom. The summed E-state index contributed by atoms with van der Waals surface area (Å²) in [6, 6.07) is 3.69. The first kappa shape index (κ1) is 17.4. The van der Waals surface area contributed by atoms with Crippen LogP contribution < -0.4 is 14.8 Å². The maximum Gasteiger partial charge on any atom is 0.165 e. The third kappa shape index (κ3) is 4.92. The Hall–Kier alpha value is -0.640. The number of hydrogen-bond donors (Lipinski definition) is 1. The van der Waals surface area contributed by atoms with Crippen molar-refractivity contribution in [1.29, 1.82) is 0 Å². The number of benzene rings is 1. The zero-order chi connectivity index (χ0) is 12.7. The fourth-order valence-corrected chi connectivity index (χ4v) is 1.84. The molecule has 1 N–H and O–H groups in total. The van der Waals surface area contributed by atoms with E-state index in [9.17, 15) is 0 Å². The van der Waals surface area contributed by atoms with E-state index >= 15 is 0 Å². The van der Waals surface area contributed by atoms with Crippen LogP contribution in [0.5, 0.6) is 11.5 Å². The maximum atomic E-state index is 6.05. The van der Waals surface area contributed by atoms with Gasteiger partial charge in [-0.2, -0.15) is 0 Å². The van der Waals surface area contributed by atoms with Crippen molar-refractivity contribution in [3.8, 4) is 11.5 Å². The first-order valence-corrected chi connectivity index (χ1v) is 6.30. The van der Waals surface area contributed by atoms with Crippen LogP contribution in [0.15, 0.2) is 12.1 Å². The molecule has 104 valence electrons. The average Bonchev–Trinajstić information content (AvgIpc) is 2.32. The highest BCUT2D eigenvalue weighted by Gasteiger charge is 2.12. The summed E-state index contributed by atoms with van der Waals surface area (Å²) in [5.41, 5.74) is 1.03. The zero-order valence-corrected chi connectivity index (χ0v) is 12.7. The van der Waals surface area contributed by atoms with E-state index in [0.717, 1.165) is 30.8 Å². The van der Waals surface area contributed by atoms with Crippen molar-refractivity contribution < 1.29 is 9.47 Å². The first-order chi connectivity index (χ1) is 8.22. The van der Waals surface area contributed by atoms with Crippen LogP contribution in [0.25, 0.3) is 0 Å². The molecule has 1 rings (SSSR count). The van der Waals surface area contributed by atoms with E-state index < -0.39 is 0 Å². The van der Waals surface area contributed by atoms with Crippen molar-refractivity contribution in [2.45, 2.75) is 26.8 Å². The lowest BCUT2D eigenvalue weighted by atomic mass is 10.1. The lowest BCUT2D eigenvalue weighted by Crippen LogP contribution is -2.15. The van der Waals surface area contributed by atoms with Gasteiger partial charge in [0.1, 0.15) is 0 Å². The van der Waals surface area contributed by atoms with Crippen molar-refractivity contribution >= 4 is 24.0 Å². The van der Waals surface area contributed by atoms with Crippen LogP contribution in [0.4, 0.5) is 0 Å². The van der Waals surface area contributed by atoms with Gasteiger partial charge in [0.25, 0.3) is 0 Å². The second kappa shape index (κ2) is 9.31. The SMILES string of the molecule is CCCNCc1cc(Cl)cc(OC)c1OCC.Cl. The van der Waals surface area contributed by atoms with Gasteiger partial charge in [0, 0.05) is 23.2 Å². The van der Waals surface area contributed by atoms with E-state index in [1.54, 1.807) is 13.2 Å². The molecule has 0 atom stereocenters. The minimum Gasteiger partial charge on any atom is -0.493 e. The Labute approximate surface area is 120 Å². The summed E-state index contributed by atoms with van der Waals surface area (Å²) >= 11 is 6.05. The van der Waals surface area contributed by atoms with E-state index in [0.29, 0.717) is 17.4 Å². The van der Waals surface area contributed by atoms with Gasteiger partial charge >= 0.3 is 0 Å². The van der Waals surface area contributed by atoms with E-state index in [1.165, 1.54) is 0 Å². The number of methoxy groups -OCH3 is 1. The lowest BCUT2D eigenvalue weighted by molar-refractivity contribution is 0.307. The van der Waals surface area contributed by atoms with Gasteiger partial charge < -0.3 is 14.8 Å². The van der Waals surface area contributed by atoms with Gasteiger partial charge in [-0.25, -0.2) is 0 Å². The van der Waals surface area contributed by atoms with Crippen LogP contribution >= 0.6 is 24.0 Å². The van der Waals surface area contributed by atoms with Crippen molar-refractivity contribution in [3.05, 3.63) is 22.7 Å². The minimum atomic E-state index is 0. The van der Waals surface area contributed by atoms with Crippen LogP contribution in [0.2, 0.25) is 5.02 Å². The zero-order valence-electron chi connectivity index (χ0n) is 11.1. The molecule has 0 bridgehead atoms. The van der Waals surface area contributed by atoms with E-state index in [-0.39, 0.29) is 12.4 Å². The summed E-state index contributed by atoms with van der Waals surface area (Å²) < 4.78 is 10.9. The van der Waals surface area contributed by atoms with Gasteiger partial charge in [-0.15, -0.1) is 12.4 Å². The number of halogens is 2. The molecule has 0 saturated heterocycles. The molecule has 3 nitrogen and oxygen atoms in total. The maximum absolute atomic E-state index is 6.05. The molecule has 1 aromatic rings. The second-order valence-electron chi connectivity index (χ2n) is 3.71. The standard InChI is InChI=1S/C13H20ClNO2.ClH/c1-4-6-15-9-10-7-11(14)8-12(16-3)13(10)17-5-2;/h7-8,15H,4-6,9H2,1-3H3;1H. The Morgan fingerprint density at radius 3 is 2.56 bits per heavy atom. The quantitative estimate of drug-likeness (QED) is 0.778. The van der Waals surface area contributed by atoms with Crippen molar-refractivity contribution in [3.63, 3.8) is 0 Å². The largest absolute Gasteiger partial charge is 0.493 e. The molecule has 18 heavy (non-hydrogen) atoms. The number of rotatable bonds is 7. The molecule has 1 aromatic carbocycles. The van der Waals surface area contributed by atoms with Crippen LogP contribution in [-0.4, -0.2) is 20.3 Å². The number of nitrogens with one attached hydrogen (secondary N) is 1. The predicted octanol–water partition coefficient (Wildman–Crippen LogP) is 3.67. The molecular weight excluding hydrogens is 273 g/mol. The highest BCUT2D eigenvalue weighted by molar-refractivity contribution is 6.30. The molecule has 0 radical (unpaired) electrons. The van der Waals surface area contributed by atoms with Crippen molar-refractivity contribution in [2.24, 2.45) is 0 Å². The Balaban J connectivity index is 0.00000289. The van der Waals surface area contributed by atoms with Crippen molar-refractivity contribution in [2.75, 3.05) is 20.3 Å². The molecule has 0 aliphatic carbocycles. The Morgan fingerprint density at radius 2 is 2.00 bits per heavy atom. The van der Waals surface area contributed by atoms with Crippen LogP contribution in [0, 0.1) is 0 Å². The molecule has 0 heterocycles. The molecule has 0 unspecified atom stereocenters. The lowest BCUT2D eigenvalue weighted by Gasteiger charge is -2.15. The molecule has 0 aromatic heterocycles. The van der Waals surface area contributed by atoms with E-state index in [2.05, 4.69) is 12.2 Å². The predicted molar refractivity (Wildman–Crippen MR) is 78.4 cm³/mol. The van der Waals surface area contributed by atoms with Crippen LogP contribution in [0.1, 0.15) is 25.8 Å². The smallest absolute Gasteiger partial charge is 0.165 e. The molecule has 5 heteroatoms. The minimum absolute atomic E-state index is 0. The molecule has 0 spiro atoms. The normalized spacial score (nSPS) is 9.78. The molecular formula is C13H21Cl2NO2. The van der Waals surface area contributed by atoms with Crippen molar-refractivity contribution in [1.82, 2.24) is 5.32 Å². The fraction of sp³-hybridized carbons (Fsp3) is 0.538. The summed E-state index contributed by atoms with van der Waals surface area (Å²) in [5, 5.41) is 4.00. The van der Waals surface area contributed by atoms with E-state index in [4.69, 9.17) is 21.1 Å². The molecule has 0 aliphatic rings. The Bertz CT molecular complexity index is 359. The number of hydrogen-bond acceptors (Lipinski definition) is 3. The van der Waals surface area contributed by atoms with Gasteiger partial charge in [-0.1, -0.05) is 18.5 Å². The van der Waals surface area contributed by atoms with Gasteiger partial charge in [-0.3, -0.25) is 0 Å². The summed E-state index contributed by atoms with van der Waals surface area (Å²) in [6.45, 7) is 6.41. The molecule has 0 fully saturated rings. The monoisotopic (exact) mass is 293 g/mol. The third-order valence-corrected chi connectivity index (χ3v) is 2.57.